The standard InChI is InChI=1S/C30H22N2/c1-3-11-21(12-4-1)31-27-18-10-8-16-25(27)29-28(31)20-19-24-23-15-7-9-17-26(23)32(30(24)29)22-13-5-2-6-14-22/h1-7,9-15,17-20H,8,16H2. The van der Waals surface area contributed by atoms with E-state index in [2.05, 4.69) is 118 Å². The maximum Gasteiger partial charge on any atom is 0.0638 e. The van der Waals surface area contributed by atoms with Crippen LogP contribution in [-0.2, 0) is 6.42 Å². The van der Waals surface area contributed by atoms with Gasteiger partial charge in [-0.15, -0.1) is 0 Å². The summed E-state index contributed by atoms with van der Waals surface area (Å²) < 4.78 is 4.90. The minimum absolute atomic E-state index is 1.07. The van der Waals surface area contributed by atoms with E-state index >= 15 is 0 Å². The molecule has 0 radical (unpaired) electrons. The number of hydrogen-bond acceptors (Lipinski definition) is 0. The van der Waals surface area contributed by atoms with Crippen LogP contribution < -0.4 is 0 Å². The second-order valence-corrected chi connectivity index (χ2v) is 8.52. The van der Waals surface area contributed by atoms with Crippen LogP contribution >= 0.6 is 0 Å². The van der Waals surface area contributed by atoms with Crippen molar-refractivity contribution in [3.05, 3.63) is 114 Å². The predicted octanol–water partition coefficient (Wildman–Crippen LogP) is 7.69. The second kappa shape index (κ2) is 6.73. The molecular formula is C30H22N2. The van der Waals surface area contributed by atoms with Crippen LogP contribution in [0.3, 0.4) is 0 Å². The highest BCUT2D eigenvalue weighted by molar-refractivity contribution is 6.20. The number of aromatic nitrogens is 2. The van der Waals surface area contributed by atoms with Crippen molar-refractivity contribution < 1.29 is 0 Å². The lowest BCUT2D eigenvalue weighted by molar-refractivity contribution is 0.967. The number of allylic oxidation sites excluding steroid dienone is 1. The van der Waals surface area contributed by atoms with Gasteiger partial charge in [0.15, 0.2) is 0 Å². The zero-order valence-electron chi connectivity index (χ0n) is 17.7. The Morgan fingerprint density at radius 3 is 2.03 bits per heavy atom. The van der Waals surface area contributed by atoms with E-state index < -0.39 is 0 Å². The van der Waals surface area contributed by atoms with E-state index in [9.17, 15) is 0 Å². The summed E-state index contributed by atoms with van der Waals surface area (Å²) in [4.78, 5) is 0. The molecule has 0 unspecified atom stereocenters. The fraction of sp³-hybridized carbons (Fsp3) is 0.0667. The maximum atomic E-state index is 2.46. The van der Waals surface area contributed by atoms with Crippen LogP contribution in [0.5, 0.6) is 0 Å². The van der Waals surface area contributed by atoms with Gasteiger partial charge in [0.2, 0.25) is 0 Å². The first-order chi connectivity index (χ1) is 15.9. The largest absolute Gasteiger partial charge is 0.310 e. The number of rotatable bonds is 2. The Morgan fingerprint density at radius 1 is 0.562 bits per heavy atom. The number of para-hydroxylation sites is 3. The van der Waals surface area contributed by atoms with Crippen molar-refractivity contribution in [2.24, 2.45) is 0 Å². The highest BCUT2D eigenvalue weighted by Gasteiger charge is 2.23. The van der Waals surface area contributed by atoms with Crippen LogP contribution in [0.15, 0.2) is 103 Å². The third kappa shape index (κ3) is 2.35. The van der Waals surface area contributed by atoms with Crippen LogP contribution in [-0.4, -0.2) is 9.13 Å². The van der Waals surface area contributed by atoms with Gasteiger partial charge in [-0.25, -0.2) is 0 Å². The molecule has 4 aromatic carbocycles. The van der Waals surface area contributed by atoms with Crippen LogP contribution in [0.4, 0.5) is 0 Å². The Morgan fingerprint density at radius 2 is 1.25 bits per heavy atom. The van der Waals surface area contributed by atoms with Gasteiger partial charge in [0.25, 0.3) is 0 Å². The Kier molecular flexibility index (Phi) is 3.71. The molecule has 0 fully saturated rings. The number of nitrogens with zero attached hydrogens (tertiary/aromatic N) is 2. The molecule has 0 amide bonds. The molecule has 2 aromatic heterocycles. The van der Waals surface area contributed by atoms with Gasteiger partial charge in [-0.05, 0) is 60.9 Å². The summed E-state index contributed by atoms with van der Waals surface area (Å²) in [5.74, 6) is 0. The maximum absolute atomic E-state index is 2.46. The third-order valence-electron chi connectivity index (χ3n) is 6.77. The Labute approximate surface area is 186 Å². The minimum atomic E-state index is 1.07. The molecule has 6 aromatic rings. The molecule has 2 nitrogen and oxygen atoms in total. The van der Waals surface area contributed by atoms with E-state index in [1.54, 1.807) is 0 Å². The lowest BCUT2D eigenvalue weighted by Crippen LogP contribution is -1.99. The second-order valence-electron chi connectivity index (χ2n) is 8.52. The highest BCUT2D eigenvalue weighted by atomic mass is 15.0. The number of benzene rings is 4. The zero-order valence-corrected chi connectivity index (χ0v) is 17.7. The van der Waals surface area contributed by atoms with Gasteiger partial charge in [0.05, 0.1) is 16.6 Å². The fourth-order valence-electron chi connectivity index (χ4n) is 5.47. The Balaban J connectivity index is 1.73. The average Bonchev–Trinajstić information content (AvgIpc) is 3.38. The molecule has 0 spiro atoms. The van der Waals surface area contributed by atoms with Crippen molar-refractivity contribution in [3.8, 4) is 11.4 Å². The molecule has 0 N–H and O–H groups in total. The van der Waals surface area contributed by atoms with E-state index in [1.165, 1.54) is 55.3 Å². The average molecular weight is 411 g/mol. The molecule has 0 bridgehead atoms. The molecule has 2 heterocycles. The molecular weight excluding hydrogens is 388 g/mol. The van der Waals surface area contributed by atoms with Crippen molar-refractivity contribution in [1.29, 1.82) is 0 Å². The molecule has 1 aliphatic carbocycles. The van der Waals surface area contributed by atoms with E-state index in [0.717, 1.165) is 12.8 Å². The quantitative estimate of drug-likeness (QED) is 0.277. The van der Waals surface area contributed by atoms with Gasteiger partial charge in [0, 0.05) is 33.2 Å². The fourth-order valence-corrected chi connectivity index (χ4v) is 5.47. The molecule has 0 aliphatic heterocycles. The van der Waals surface area contributed by atoms with Crippen molar-refractivity contribution in [3.63, 3.8) is 0 Å². The van der Waals surface area contributed by atoms with Gasteiger partial charge in [0.1, 0.15) is 0 Å². The van der Waals surface area contributed by atoms with Crippen molar-refractivity contribution >= 4 is 38.8 Å². The van der Waals surface area contributed by atoms with Crippen molar-refractivity contribution in [2.75, 3.05) is 0 Å². The van der Waals surface area contributed by atoms with Crippen LogP contribution in [0.1, 0.15) is 17.7 Å². The summed E-state index contributed by atoms with van der Waals surface area (Å²) >= 11 is 0. The van der Waals surface area contributed by atoms with Crippen LogP contribution in [0.2, 0.25) is 0 Å². The molecule has 2 heteroatoms. The minimum Gasteiger partial charge on any atom is -0.310 e. The van der Waals surface area contributed by atoms with Crippen LogP contribution in [0, 0.1) is 0 Å². The normalized spacial score (nSPS) is 13.2. The van der Waals surface area contributed by atoms with Gasteiger partial charge in [-0.2, -0.15) is 0 Å². The molecule has 7 rings (SSSR count). The summed E-state index contributed by atoms with van der Waals surface area (Å²) in [6.07, 6.45) is 6.78. The number of fused-ring (bicyclic) bond motifs is 7. The molecule has 0 saturated carbocycles. The SMILES string of the molecule is C1=Cc2c(c3c(ccc4c5ccccc5n(-c5ccccc5)c43)n2-c2ccccc2)CC1. The van der Waals surface area contributed by atoms with Crippen LogP contribution in [0.25, 0.3) is 50.2 Å². The summed E-state index contributed by atoms with van der Waals surface area (Å²) in [6.45, 7) is 0. The Hall–Kier alpha value is -4.04. The predicted molar refractivity (Wildman–Crippen MR) is 135 cm³/mol. The summed E-state index contributed by atoms with van der Waals surface area (Å²) in [5, 5.41) is 4.01. The van der Waals surface area contributed by atoms with Gasteiger partial charge >= 0.3 is 0 Å². The van der Waals surface area contributed by atoms with Crippen molar-refractivity contribution in [2.45, 2.75) is 12.8 Å². The molecule has 0 saturated heterocycles. The van der Waals surface area contributed by atoms with E-state index in [-0.39, 0.29) is 0 Å². The van der Waals surface area contributed by atoms with Crippen molar-refractivity contribution in [1.82, 2.24) is 9.13 Å². The number of hydrogen-bond donors (Lipinski definition) is 0. The lowest BCUT2D eigenvalue weighted by Gasteiger charge is -2.11. The molecule has 32 heavy (non-hydrogen) atoms. The van der Waals surface area contributed by atoms with Gasteiger partial charge < -0.3 is 9.13 Å². The smallest absolute Gasteiger partial charge is 0.0638 e. The molecule has 0 atom stereocenters. The first-order valence-corrected chi connectivity index (χ1v) is 11.3. The van der Waals surface area contributed by atoms with Gasteiger partial charge in [-0.3, -0.25) is 0 Å². The van der Waals surface area contributed by atoms with E-state index in [4.69, 9.17) is 0 Å². The lowest BCUT2D eigenvalue weighted by atomic mass is 9.99. The molecule has 152 valence electrons. The summed E-state index contributed by atoms with van der Waals surface area (Å²) in [5.41, 5.74) is 9.04. The number of aryl methyl sites for hydroxylation is 1. The highest BCUT2D eigenvalue weighted by Crippen LogP contribution is 2.42. The summed E-state index contributed by atoms with van der Waals surface area (Å²) in [6, 6.07) is 34.9. The first kappa shape index (κ1) is 17.6. The third-order valence-corrected chi connectivity index (χ3v) is 6.77. The molecule has 1 aliphatic rings. The zero-order chi connectivity index (χ0) is 21.1. The van der Waals surface area contributed by atoms with E-state index in [0.29, 0.717) is 0 Å². The topological polar surface area (TPSA) is 9.86 Å². The Bertz CT molecular complexity index is 1650. The monoisotopic (exact) mass is 410 g/mol. The first-order valence-electron chi connectivity index (χ1n) is 11.3. The summed E-state index contributed by atoms with van der Waals surface area (Å²) in [7, 11) is 0. The van der Waals surface area contributed by atoms with E-state index in [1.807, 2.05) is 0 Å². The van der Waals surface area contributed by atoms with Gasteiger partial charge in [-0.1, -0.05) is 66.7 Å².